The van der Waals surface area contributed by atoms with E-state index in [1.54, 1.807) is 6.07 Å². The van der Waals surface area contributed by atoms with Crippen molar-refractivity contribution in [2.24, 2.45) is 0 Å². The molecule has 24 heavy (non-hydrogen) atoms. The van der Waals surface area contributed by atoms with Gasteiger partial charge in [0, 0.05) is 4.47 Å². The van der Waals surface area contributed by atoms with E-state index in [2.05, 4.69) is 26.6 Å². The van der Waals surface area contributed by atoms with Crippen LogP contribution in [0.25, 0.3) is 0 Å². The Morgan fingerprint density at radius 1 is 1.29 bits per heavy atom. The predicted octanol–water partition coefficient (Wildman–Crippen LogP) is 2.78. The SMILES string of the molecule is O=C(CN1C(=O)NC2(CCCCC2)C1=O)Nc1ccc(Br)cc1F. The smallest absolute Gasteiger partial charge is 0.323 e. The topological polar surface area (TPSA) is 78.5 Å². The third kappa shape index (κ3) is 3.15. The van der Waals surface area contributed by atoms with Crippen molar-refractivity contribution in [3.8, 4) is 0 Å². The van der Waals surface area contributed by atoms with Crippen molar-refractivity contribution >= 4 is 39.5 Å². The Morgan fingerprint density at radius 2 is 2.00 bits per heavy atom. The van der Waals surface area contributed by atoms with Crippen molar-refractivity contribution in [2.75, 3.05) is 11.9 Å². The number of benzene rings is 1. The molecule has 2 fully saturated rings. The van der Waals surface area contributed by atoms with Crippen LogP contribution in [0.4, 0.5) is 14.9 Å². The van der Waals surface area contributed by atoms with E-state index in [4.69, 9.17) is 0 Å². The number of rotatable bonds is 3. The fraction of sp³-hybridized carbons (Fsp3) is 0.438. The average Bonchev–Trinajstić information content (AvgIpc) is 2.75. The van der Waals surface area contributed by atoms with Gasteiger partial charge < -0.3 is 10.6 Å². The van der Waals surface area contributed by atoms with Crippen LogP contribution in [0.5, 0.6) is 0 Å². The minimum absolute atomic E-state index is 0.00244. The lowest BCUT2D eigenvalue weighted by Gasteiger charge is -2.30. The molecule has 0 bridgehead atoms. The zero-order valence-electron chi connectivity index (χ0n) is 12.9. The van der Waals surface area contributed by atoms with E-state index in [1.807, 2.05) is 0 Å². The van der Waals surface area contributed by atoms with E-state index in [0.717, 1.165) is 24.2 Å². The Balaban J connectivity index is 1.68. The van der Waals surface area contributed by atoms with E-state index in [9.17, 15) is 18.8 Å². The first-order valence-corrected chi connectivity index (χ1v) is 8.60. The summed E-state index contributed by atoms with van der Waals surface area (Å²) in [5.41, 5.74) is -0.860. The minimum atomic E-state index is -0.863. The van der Waals surface area contributed by atoms with Crippen LogP contribution in [0.15, 0.2) is 22.7 Å². The van der Waals surface area contributed by atoms with E-state index in [1.165, 1.54) is 12.1 Å². The van der Waals surface area contributed by atoms with E-state index < -0.39 is 29.8 Å². The maximum Gasteiger partial charge on any atom is 0.325 e. The van der Waals surface area contributed by atoms with Gasteiger partial charge in [0.05, 0.1) is 5.69 Å². The Morgan fingerprint density at radius 3 is 2.67 bits per heavy atom. The molecule has 128 valence electrons. The number of hydrogen-bond acceptors (Lipinski definition) is 3. The molecule has 4 amide bonds. The van der Waals surface area contributed by atoms with Gasteiger partial charge in [-0.15, -0.1) is 0 Å². The predicted molar refractivity (Wildman–Crippen MR) is 88.8 cm³/mol. The van der Waals surface area contributed by atoms with Crippen LogP contribution in [-0.2, 0) is 9.59 Å². The zero-order chi connectivity index (χ0) is 17.3. The van der Waals surface area contributed by atoms with Gasteiger partial charge in [0.2, 0.25) is 5.91 Å². The fourth-order valence-electron chi connectivity index (χ4n) is 3.24. The molecule has 0 radical (unpaired) electrons. The molecular weight excluding hydrogens is 381 g/mol. The molecule has 1 aromatic rings. The number of carbonyl (C=O) groups excluding carboxylic acids is 3. The van der Waals surface area contributed by atoms with E-state index >= 15 is 0 Å². The van der Waals surface area contributed by atoms with E-state index in [-0.39, 0.29) is 11.6 Å². The number of urea groups is 1. The molecule has 0 unspecified atom stereocenters. The lowest BCUT2D eigenvalue weighted by atomic mass is 9.82. The molecule has 1 spiro atoms. The normalized spacial score (nSPS) is 19.5. The summed E-state index contributed by atoms with van der Waals surface area (Å²) in [4.78, 5) is 37.7. The van der Waals surface area contributed by atoms with Gasteiger partial charge in [-0.25, -0.2) is 9.18 Å². The van der Waals surface area contributed by atoms with Crippen LogP contribution < -0.4 is 10.6 Å². The molecule has 2 N–H and O–H groups in total. The summed E-state index contributed by atoms with van der Waals surface area (Å²) < 4.78 is 14.3. The highest BCUT2D eigenvalue weighted by atomic mass is 79.9. The summed E-state index contributed by atoms with van der Waals surface area (Å²) in [6.45, 7) is -0.429. The van der Waals surface area contributed by atoms with Crippen LogP contribution in [0.2, 0.25) is 0 Å². The third-order valence-electron chi connectivity index (χ3n) is 4.46. The first kappa shape index (κ1) is 16.9. The largest absolute Gasteiger partial charge is 0.325 e. The lowest BCUT2D eigenvalue weighted by molar-refractivity contribution is -0.134. The zero-order valence-corrected chi connectivity index (χ0v) is 14.5. The van der Waals surface area contributed by atoms with Crippen molar-refractivity contribution in [1.82, 2.24) is 10.2 Å². The van der Waals surface area contributed by atoms with Gasteiger partial charge in [0.25, 0.3) is 5.91 Å². The molecule has 2 aliphatic rings. The monoisotopic (exact) mass is 397 g/mol. The Kier molecular flexibility index (Phi) is 4.58. The summed E-state index contributed by atoms with van der Waals surface area (Å²) in [5.74, 6) is -1.58. The molecule has 0 atom stereocenters. The number of hydrogen-bond donors (Lipinski definition) is 2. The highest BCUT2D eigenvalue weighted by Crippen LogP contribution is 2.33. The van der Waals surface area contributed by atoms with Crippen LogP contribution in [0.1, 0.15) is 32.1 Å². The summed E-state index contributed by atoms with van der Waals surface area (Å²) in [5, 5.41) is 5.12. The molecule has 3 rings (SSSR count). The van der Waals surface area contributed by atoms with Gasteiger partial charge in [0.15, 0.2) is 0 Å². The second kappa shape index (κ2) is 6.51. The first-order valence-electron chi connectivity index (χ1n) is 7.80. The van der Waals surface area contributed by atoms with Crippen LogP contribution in [0, 0.1) is 5.82 Å². The fourth-order valence-corrected chi connectivity index (χ4v) is 3.57. The van der Waals surface area contributed by atoms with Crippen molar-refractivity contribution in [1.29, 1.82) is 0 Å². The van der Waals surface area contributed by atoms with Gasteiger partial charge in [-0.3, -0.25) is 14.5 Å². The van der Waals surface area contributed by atoms with Crippen molar-refractivity contribution in [2.45, 2.75) is 37.6 Å². The molecule has 1 saturated carbocycles. The number of imide groups is 1. The number of nitrogens with one attached hydrogen (secondary N) is 2. The second-order valence-corrected chi connectivity index (χ2v) is 7.05. The van der Waals surface area contributed by atoms with Crippen LogP contribution in [-0.4, -0.2) is 34.8 Å². The Hall–Kier alpha value is -1.96. The number of carbonyl (C=O) groups is 3. The maximum atomic E-state index is 13.8. The highest BCUT2D eigenvalue weighted by Gasteiger charge is 2.51. The van der Waals surface area contributed by atoms with Gasteiger partial charge in [-0.1, -0.05) is 35.2 Å². The Bertz CT molecular complexity index is 704. The Labute approximate surface area is 146 Å². The molecule has 1 heterocycles. The summed E-state index contributed by atoms with van der Waals surface area (Å²) in [7, 11) is 0. The average molecular weight is 398 g/mol. The molecule has 1 saturated heterocycles. The van der Waals surface area contributed by atoms with Crippen molar-refractivity contribution in [3.63, 3.8) is 0 Å². The molecule has 0 aromatic heterocycles. The summed E-state index contributed by atoms with van der Waals surface area (Å²) in [6.07, 6.45) is 3.97. The van der Waals surface area contributed by atoms with Crippen molar-refractivity contribution in [3.05, 3.63) is 28.5 Å². The van der Waals surface area contributed by atoms with E-state index in [0.29, 0.717) is 17.3 Å². The number of anilines is 1. The van der Waals surface area contributed by atoms with Gasteiger partial charge >= 0.3 is 6.03 Å². The standard InChI is InChI=1S/C16H17BrFN3O3/c17-10-4-5-12(11(18)8-10)19-13(22)9-21-14(23)16(20-15(21)24)6-2-1-3-7-16/h4-5,8H,1-3,6-7,9H2,(H,19,22)(H,20,24). The first-order chi connectivity index (χ1) is 11.4. The molecule has 1 aliphatic heterocycles. The van der Waals surface area contributed by atoms with Crippen LogP contribution in [0.3, 0.4) is 0 Å². The lowest BCUT2D eigenvalue weighted by Crippen LogP contribution is -2.48. The third-order valence-corrected chi connectivity index (χ3v) is 4.95. The minimum Gasteiger partial charge on any atom is -0.323 e. The van der Waals surface area contributed by atoms with Gasteiger partial charge in [-0.05, 0) is 31.0 Å². The molecule has 8 heteroatoms. The van der Waals surface area contributed by atoms with Crippen molar-refractivity contribution < 1.29 is 18.8 Å². The molecule has 1 aromatic carbocycles. The molecular formula is C16H17BrFN3O3. The summed E-state index contributed by atoms with van der Waals surface area (Å²) >= 11 is 3.13. The maximum absolute atomic E-state index is 13.8. The van der Waals surface area contributed by atoms with Gasteiger partial charge in [-0.2, -0.15) is 0 Å². The molecule has 1 aliphatic carbocycles. The van der Waals surface area contributed by atoms with Crippen LogP contribution >= 0.6 is 15.9 Å². The highest BCUT2D eigenvalue weighted by molar-refractivity contribution is 9.10. The number of amides is 4. The second-order valence-electron chi connectivity index (χ2n) is 6.14. The number of nitrogens with zero attached hydrogens (tertiary/aromatic N) is 1. The molecule has 6 nitrogen and oxygen atoms in total. The summed E-state index contributed by atoms with van der Waals surface area (Å²) in [6, 6.07) is 3.66. The number of halogens is 2. The van der Waals surface area contributed by atoms with Gasteiger partial charge in [0.1, 0.15) is 17.9 Å². The quantitative estimate of drug-likeness (QED) is 0.769.